The lowest BCUT2D eigenvalue weighted by molar-refractivity contribution is -0.109. The van der Waals surface area contributed by atoms with Crippen LogP contribution in [-0.2, 0) is 4.79 Å². The van der Waals surface area contributed by atoms with Crippen molar-refractivity contribution in [2.24, 2.45) is 0 Å². The van der Waals surface area contributed by atoms with Gasteiger partial charge in [0.1, 0.15) is 5.40 Å². The number of nitrogens with zero attached hydrogens (tertiary/aromatic N) is 3. The number of thiocyanates is 1. The molecule has 5 nitrogen and oxygen atoms in total. The summed E-state index contributed by atoms with van der Waals surface area (Å²) >= 11 is 1.98. The highest BCUT2D eigenvalue weighted by molar-refractivity contribution is 8.13. The second kappa shape index (κ2) is 11.8. The van der Waals surface area contributed by atoms with E-state index in [1.54, 1.807) is 24.3 Å². The molecule has 2 aromatic rings. The van der Waals surface area contributed by atoms with Gasteiger partial charge in [-0.05, 0) is 36.0 Å². The second-order valence-corrected chi connectivity index (χ2v) is 5.17. The lowest BCUT2D eigenvalue weighted by atomic mass is 10.2. The smallest absolute Gasteiger partial charge is 0.284 e. The van der Waals surface area contributed by atoms with E-state index in [0.717, 1.165) is 34.0 Å². The summed E-state index contributed by atoms with van der Waals surface area (Å²) in [5.41, 5.74) is 0.750. The minimum Gasteiger partial charge on any atom is -0.411 e. The molecule has 1 heterocycles. The number of aromatic nitrogens is 2. The molecule has 0 amide bonds. The maximum absolute atomic E-state index is 10.9. The zero-order valence-corrected chi connectivity index (χ0v) is 14.9. The van der Waals surface area contributed by atoms with Crippen LogP contribution in [-0.4, -0.2) is 15.3 Å². The summed E-state index contributed by atoms with van der Waals surface area (Å²) in [6.45, 7) is 9.43. The van der Waals surface area contributed by atoms with Crippen molar-refractivity contribution in [1.29, 1.82) is 5.26 Å². The molecule has 22 heavy (non-hydrogen) atoms. The Morgan fingerprint density at radius 1 is 1.14 bits per heavy atom. The number of nitriles is 1. The summed E-state index contributed by atoms with van der Waals surface area (Å²) in [7, 11) is 0. The van der Waals surface area contributed by atoms with Crippen LogP contribution in [0.2, 0.25) is 0 Å². The third-order valence-electron chi connectivity index (χ3n) is 1.90. The molecule has 118 valence electrons. The van der Waals surface area contributed by atoms with Crippen LogP contribution in [0.5, 0.6) is 0 Å². The van der Waals surface area contributed by atoms with Gasteiger partial charge in [0.2, 0.25) is 5.89 Å². The molecule has 0 radical (unpaired) electrons. The van der Waals surface area contributed by atoms with Crippen LogP contribution < -0.4 is 0 Å². The van der Waals surface area contributed by atoms with E-state index in [1.807, 2.05) is 33.1 Å². The molecule has 7 heteroatoms. The SMILES string of the molecule is CC.CC.CC(=O)Sc1nnc(-c2ccc(SC#N)cc2)o1. The molecule has 0 aliphatic heterocycles. The predicted octanol–water partition coefficient (Wildman–Crippen LogP) is 5.00. The molecular weight excluding hydrogens is 318 g/mol. The third kappa shape index (κ3) is 6.78. The average Bonchev–Trinajstić information content (AvgIpc) is 3.00. The summed E-state index contributed by atoms with van der Waals surface area (Å²) in [4.78, 5) is 11.7. The second-order valence-electron chi connectivity index (χ2n) is 3.18. The lowest BCUT2D eigenvalue weighted by Gasteiger charge is -1.95. The number of hydrogen-bond donors (Lipinski definition) is 0. The van der Waals surface area contributed by atoms with Crippen LogP contribution >= 0.6 is 23.5 Å². The van der Waals surface area contributed by atoms with Crippen LogP contribution in [0.1, 0.15) is 34.6 Å². The first-order valence-corrected chi connectivity index (χ1v) is 8.50. The summed E-state index contributed by atoms with van der Waals surface area (Å²) < 4.78 is 5.33. The number of carbonyl (C=O) groups excluding carboxylic acids is 1. The van der Waals surface area contributed by atoms with Crippen LogP contribution in [0, 0.1) is 10.7 Å². The van der Waals surface area contributed by atoms with E-state index in [1.165, 1.54) is 6.92 Å². The van der Waals surface area contributed by atoms with E-state index in [2.05, 4.69) is 10.2 Å². The van der Waals surface area contributed by atoms with E-state index in [4.69, 9.17) is 9.68 Å². The highest BCUT2D eigenvalue weighted by atomic mass is 32.2. The van der Waals surface area contributed by atoms with Crippen molar-refractivity contribution in [2.75, 3.05) is 0 Å². The summed E-state index contributed by atoms with van der Waals surface area (Å²) in [5, 5.41) is 18.3. The highest BCUT2D eigenvalue weighted by Gasteiger charge is 2.10. The zero-order chi connectivity index (χ0) is 17.0. The molecule has 0 saturated heterocycles. The minimum atomic E-state index is -0.106. The van der Waals surface area contributed by atoms with Gasteiger partial charge in [0.15, 0.2) is 5.12 Å². The molecule has 0 aliphatic carbocycles. The number of carbonyl (C=O) groups is 1. The van der Waals surface area contributed by atoms with Gasteiger partial charge in [0, 0.05) is 29.1 Å². The summed E-state index contributed by atoms with van der Waals surface area (Å²) in [5.74, 6) is 0.354. The molecule has 2 rings (SSSR count). The zero-order valence-electron chi connectivity index (χ0n) is 13.3. The Labute approximate surface area is 139 Å². The van der Waals surface area contributed by atoms with Gasteiger partial charge in [-0.2, -0.15) is 5.26 Å². The lowest BCUT2D eigenvalue weighted by Crippen LogP contribution is -1.80. The van der Waals surface area contributed by atoms with Crippen LogP contribution in [0.4, 0.5) is 0 Å². The van der Waals surface area contributed by atoms with Crippen LogP contribution in [0.15, 0.2) is 38.8 Å². The van der Waals surface area contributed by atoms with Crippen molar-refractivity contribution < 1.29 is 9.21 Å². The van der Waals surface area contributed by atoms with Crippen LogP contribution in [0.3, 0.4) is 0 Å². The van der Waals surface area contributed by atoms with Crippen molar-refractivity contribution in [3.63, 3.8) is 0 Å². The molecule has 0 fully saturated rings. The third-order valence-corrected chi connectivity index (χ3v) is 3.13. The summed E-state index contributed by atoms with van der Waals surface area (Å²) in [6.07, 6.45) is 0. The van der Waals surface area contributed by atoms with Crippen molar-refractivity contribution in [2.45, 2.75) is 44.7 Å². The quantitative estimate of drug-likeness (QED) is 0.576. The molecule has 1 aromatic carbocycles. The molecule has 1 aromatic heterocycles. The first-order valence-electron chi connectivity index (χ1n) is 6.87. The number of thioether (sulfide) groups is 2. The molecule has 0 spiro atoms. The first-order chi connectivity index (χ1) is 10.7. The van der Waals surface area contributed by atoms with Gasteiger partial charge in [0.05, 0.1) is 0 Å². The van der Waals surface area contributed by atoms with Gasteiger partial charge in [-0.25, -0.2) is 0 Å². The van der Waals surface area contributed by atoms with E-state index < -0.39 is 0 Å². The standard InChI is InChI=1S/C11H7N3O2S2.2C2H6/c1-7(15)18-11-14-13-10(16-11)8-2-4-9(5-3-8)17-6-12;2*1-2/h2-5H,1H3;2*1-2H3. The monoisotopic (exact) mass is 337 g/mol. The summed E-state index contributed by atoms with van der Waals surface area (Å²) in [6, 6.07) is 7.17. The number of rotatable bonds is 3. The molecule has 0 atom stereocenters. The van der Waals surface area contributed by atoms with Gasteiger partial charge in [-0.15, -0.1) is 10.2 Å². The van der Waals surface area contributed by atoms with Gasteiger partial charge in [-0.3, -0.25) is 4.79 Å². The number of benzene rings is 1. The molecule has 0 unspecified atom stereocenters. The Morgan fingerprint density at radius 3 is 2.23 bits per heavy atom. The van der Waals surface area contributed by atoms with Crippen LogP contribution in [0.25, 0.3) is 11.5 Å². The van der Waals surface area contributed by atoms with Crippen molar-refractivity contribution in [1.82, 2.24) is 10.2 Å². The Balaban J connectivity index is 0.00000102. The van der Waals surface area contributed by atoms with Crippen molar-refractivity contribution in [3.8, 4) is 16.9 Å². The molecule has 0 saturated carbocycles. The molecule has 0 N–H and O–H groups in total. The van der Waals surface area contributed by atoms with Gasteiger partial charge in [-0.1, -0.05) is 27.7 Å². The van der Waals surface area contributed by atoms with E-state index in [9.17, 15) is 4.79 Å². The fourth-order valence-corrected chi connectivity index (χ4v) is 2.03. The predicted molar refractivity (Wildman–Crippen MR) is 90.4 cm³/mol. The molecule has 0 bridgehead atoms. The van der Waals surface area contributed by atoms with Gasteiger partial charge >= 0.3 is 0 Å². The first kappa shape index (κ1) is 20.2. The largest absolute Gasteiger partial charge is 0.411 e. The van der Waals surface area contributed by atoms with E-state index in [0.29, 0.717) is 5.89 Å². The maximum atomic E-state index is 10.9. The highest BCUT2D eigenvalue weighted by Crippen LogP contribution is 2.25. The Hall–Kier alpha value is -1.78. The van der Waals surface area contributed by atoms with E-state index in [-0.39, 0.29) is 10.3 Å². The molecule has 0 aliphatic rings. The van der Waals surface area contributed by atoms with Gasteiger partial charge < -0.3 is 4.42 Å². The van der Waals surface area contributed by atoms with Crippen molar-refractivity contribution in [3.05, 3.63) is 24.3 Å². The maximum Gasteiger partial charge on any atom is 0.284 e. The number of hydrogen-bond acceptors (Lipinski definition) is 7. The Bertz CT molecular complexity index is 604. The molecular formula is C15H19N3O2S2. The van der Waals surface area contributed by atoms with Crippen molar-refractivity contribution >= 4 is 28.6 Å². The van der Waals surface area contributed by atoms with E-state index >= 15 is 0 Å². The Morgan fingerprint density at radius 2 is 1.73 bits per heavy atom. The minimum absolute atomic E-state index is 0.106. The Kier molecular flexibility index (Phi) is 10.9. The fourth-order valence-electron chi connectivity index (χ4n) is 1.21. The topological polar surface area (TPSA) is 79.8 Å². The van der Waals surface area contributed by atoms with Gasteiger partial charge in [0.25, 0.3) is 5.22 Å². The average molecular weight is 337 g/mol. The fraction of sp³-hybridized carbons (Fsp3) is 0.333. The normalized spacial score (nSPS) is 8.73.